The summed E-state index contributed by atoms with van der Waals surface area (Å²) in [7, 11) is 0. The number of carbonyl (C=O) groups is 1. The van der Waals surface area contributed by atoms with E-state index in [2.05, 4.69) is 5.32 Å². The Morgan fingerprint density at radius 1 is 1.15 bits per heavy atom. The number of aryl methyl sites for hydroxylation is 1. The second kappa shape index (κ2) is 4.95. The van der Waals surface area contributed by atoms with Crippen LogP contribution in [0, 0.1) is 6.92 Å². The van der Waals surface area contributed by atoms with E-state index >= 15 is 0 Å². The van der Waals surface area contributed by atoms with Crippen molar-refractivity contribution in [3.63, 3.8) is 0 Å². The lowest BCUT2D eigenvalue weighted by atomic mass is 9.95. The highest BCUT2D eigenvalue weighted by molar-refractivity contribution is 6.31. The predicted molar refractivity (Wildman–Crippen MR) is 82.2 cm³/mol. The number of carbonyl (C=O) groups excluding carboxylic acids is 1. The first-order valence-corrected chi connectivity index (χ1v) is 7.13. The highest BCUT2D eigenvalue weighted by Gasteiger charge is 2.51. The van der Waals surface area contributed by atoms with Gasteiger partial charge in [0.05, 0.1) is 5.41 Å². The summed E-state index contributed by atoms with van der Waals surface area (Å²) in [5.74, 6) is 0.0589. The Kier molecular flexibility index (Phi) is 3.27. The van der Waals surface area contributed by atoms with Crippen LogP contribution in [0.15, 0.2) is 48.5 Å². The van der Waals surface area contributed by atoms with Crippen LogP contribution in [0.5, 0.6) is 0 Å². The number of hydrogen-bond acceptors (Lipinski definition) is 1. The maximum Gasteiger partial charge on any atom is 0.235 e. The van der Waals surface area contributed by atoms with Crippen LogP contribution in [0.1, 0.15) is 24.0 Å². The maximum atomic E-state index is 12.5. The molecule has 20 heavy (non-hydrogen) atoms. The van der Waals surface area contributed by atoms with Gasteiger partial charge in [0.1, 0.15) is 0 Å². The van der Waals surface area contributed by atoms with Crippen molar-refractivity contribution in [1.29, 1.82) is 0 Å². The zero-order chi connectivity index (χ0) is 14.2. The molecule has 2 aromatic rings. The van der Waals surface area contributed by atoms with E-state index in [9.17, 15) is 4.79 Å². The van der Waals surface area contributed by atoms with E-state index in [0.717, 1.165) is 29.7 Å². The molecular formula is C17H16ClNO. The fraction of sp³-hybridized carbons (Fsp3) is 0.235. The van der Waals surface area contributed by atoms with Crippen LogP contribution in [-0.4, -0.2) is 5.91 Å². The highest BCUT2D eigenvalue weighted by Crippen LogP contribution is 2.48. The van der Waals surface area contributed by atoms with Crippen molar-refractivity contribution in [2.24, 2.45) is 0 Å². The van der Waals surface area contributed by atoms with Gasteiger partial charge >= 0.3 is 0 Å². The molecule has 102 valence electrons. The third-order valence-electron chi connectivity index (χ3n) is 3.94. The Bertz CT molecular complexity index is 647. The largest absolute Gasteiger partial charge is 0.325 e. The first-order valence-electron chi connectivity index (χ1n) is 6.75. The number of rotatable bonds is 3. The van der Waals surface area contributed by atoms with Crippen molar-refractivity contribution >= 4 is 23.2 Å². The monoisotopic (exact) mass is 285 g/mol. The molecule has 0 bridgehead atoms. The molecule has 1 N–H and O–H groups in total. The van der Waals surface area contributed by atoms with E-state index in [1.807, 2.05) is 49.4 Å². The molecule has 0 heterocycles. The molecule has 0 aliphatic heterocycles. The lowest BCUT2D eigenvalue weighted by molar-refractivity contribution is -0.118. The van der Waals surface area contributed by atoms with Crippen molar-refractivity contribution in [3.05, 3.63) is 64.7 Å². The topological polar surface area (TPSA) is 29.1 Å². The predicted octanol–water partition coefficient (Wildman–Crippen LogP) is 4.32. The van der Waals surface area contributed by atoms with Gasteiger partial charge in [-0.15, -0.1) is 0 Å². The second-order valence-corrected chi connectivity index (χ2v) is 5.77. The number of benzene rings is 2. The summed E-state index contributed by atoms with van der Waals surface area (Å²) < 4.78 is 0. The lowest BCUT2D eigenvalue weighted by Crippen LogP contribution is -2.27. The van der Waals surface area contributed by atoms with Crippen molar-refractivity contribution < 1.29 is 4.79 Å². The summed E-state index contributed by atoms with van der Waals surface area (Å²) >= 11 is 6.09. The van der Waals surface area contributed by atoms with Gasteiger partial charge in [-0.1, -0.05) is 48.0 Å². The molecule has 0 radical (unpaired) electrons. The van der Waals surface area contributed by atoms with Crippen LogP contribution >= 0.6 is 11.6 Å². The molecule has 2 aromatic carbocycles. The maximum absolute atomic E-state index is 12.5. The summed E-state index contributed by atoms with van der Waals surface area (Å²) in [5, 5.41) is 3.66. The van der Waals surface area contributed by atoms with Crippen LogP contribution < -0.4 is 5.32 Å². The van der Waals surface area contributed by atoms with E-state index < -0.39 is 0 Å². The summed E-state index contributed by atoms with van der Waals surface area (Å²) in [4.78, 5) is 12.5. The van der Waals surface area contributed by atoms with E-state index in [4.69, 9.17) is 11.6 Å². The van der Waals surface area contributed by atoms with Gasteiger partial charge in [-0.25, -0.2) is 0 Å². The van der Waals surface area contributed by atoms with Gasteiger partial charge in [-0.3, -0.25) is 4.79 Å². The average Bonchev–Trinajstić information content (AvgIpc) is 3.26. The molecular weight excluding hydrogens is 270 g/mol. The molecule has 0 saturated heterocycles. The highest BCUT2D eigenvalue weighted by atomic mass is 35.5. The van der Waals surface area contributed by atoms with Gasteiger partial charge in [0.25, 0.3) is 0 Å². The van der Waals surface area contributed by atoms with Crippen LogP contribution in [0.3, 0.4) is 0 Å². The van der Waals surface area contributed by atoms with Gasteiger partial charge < -0.3 is 5.32 Å². The Hall–Kier alpha value is -1.80. The number of anilines is 1. The smallest absolute Gasteiger partial charge is 0.235 e. The van der Waals surface area contributed by atoms with Crippen LogP contribution in [-0.2, 0) is 10.2 Å². The summed E-state index contributed by atoms with van der Waals surface area (Å²) in [6.45, 7) is 1.94. The van der Waals surface area contributed by atoms with Crippen LogP contribution in [0.2, 0.25) is 5.02 Å². The van der Waals surface area contributed by atoms with Gasteiger partial charge in [-0.05, 0) is 43.0 Å². The molecule has 3 rings (SSSR count). The van der Waals surface area contributed by atoms with E-state index in [1.54, 1.807) is 6.07 Å². The number of nitrogens with one attached hydrogen (secondary N) is 1. The lowest BCUT2D eigenvalue weighted by Gasteiger charge is -2.16. The fourth-order valence-electron chi connectivity index (χ4n) is 2.45. The van der Waals surface area contributed by atoms with E-state index in [0.29, 0.717) is 5.02 Å². The van der Waals surface area contributed by atoms with Gasteiger partial charge in [0.2, 0.25) is 5.91 Å². The summed E-state index contributed by atoms with van der Waals surface area (Å²) in [6, 6.07) is 15.6. The summed E-state index contributed by atoms with van der Waals surface area (Å²) in [6.07, 6.45) is 1.81. The zero-order valence-electron chi connectivity index (χ0n) is 11.3. The molecule has 1 aliphatic rings. The Morgan fingerprint density at radius 3 is 2.45 bits per heavy atom. The van der Waals surface area contributed by atoms with Crippen LogP contribution in [0.4, 0.5) is 5.69 Å². The fourth-order valence-corrected chi connectivity index (χ4v) is 2.63. The second-order valence-electron chi connectivity index (χ2n) is 5.37. The van der Waals surface area contributed by atoms with Gasteiger partial charge in [0, 0.05) is 10.7 Å². The van der Waals surface area contributed by atoms with Gasteiger partial charge in [-0.2, -0.15) is 0 Å². The normalized spacial score (nSPS) is 15.7. The molecule has 0 unspecified atom stereocenters. The summed E-state index contributed by atoms with van der Waals surface area (Å²) in [5.41, 5.74) is 2.51. The molecule has 1 fully saturated rings. The van der Waals surface area contributed by atoms with E-state index in [1.165, 1.54) is 0 Å². The molecule has 0 atom stereocenters. The zero-order valence-corrected chi connectivity index (χ0v) is 12.1. The molecule has 0 aromatic heterocycles. The van der Waals surface area contributed by atoms with Crippen molar-refractivity contribution in [1.82, 2.24) is 0 Å². The first-order chi connectivity index (χ1) is 9.62. The minimum absolute atomic E-state index is 0.0589. The number of halogens is 1. The molecule has 1 saturated carbocycles. The Labute approximate surface area is 123 Å². The molecule has 2 nitrogen and oxygen atoms in total. The average molecular weight is 286 g/mol. The Morgan fingerprint density at radius 2 is 1.85 bits per heavy atom. The van der Waals surface area contributed by atoms with E-state index in [-0.39, 0.29) is 11.3 Å². The Balaban J connectivity index is 1.81. The number of amides is 1. The minimum atomic E-state index is -0.349. The van der Waals surface area contributed by atoms with Crippen molar-refractivity contribution in [2.45, 2.75) is 25.2 Å². The van der Waals surface area contributed by atoms with Crippen molar-refractivity contribution in [2.75, 3.05) is 5.32 Å². The third-order valence-corrected chi connectivity index (χ3v) is 4.35. The molecule has 0 spiro atoms. The molecule has 1 amide bonds. The first kappa shape index (κ1) is 13.2. The third kappa shape index (κ3) is 2.32. The van der Waals surface area contributed by atoms with Crippen LogP contribution in [0.25, 0.3) is 0 Å². The standard InChI is InChI=1S/C17H16ClNO/c1-12-7-8-14(11-15(12)18)19-16(20)17(9-10-17)13-5-3-2-4-6-13/h2-8,11H,9-10H2,1H3,(H,19,20). The SMILES string of the molecule is Cc1ccc(NC(=O)C2(c3ccccc3)CC2)cc1Cl. The minimum Gasteiger partial charge on any atom is -0.325 e. The van der Waals surface area contributed by atoms with Crippen molar-refractivity contribution in [3.8, 4) is 0 Å². The molecule has 3 heteroatoms. The number of hydrogen-bond donors (Lipinski definition) is 1. The molecule has 1 aliphatic carbocycles. The van der Waals surface area contributed by atoms with Gasteiger partial charge in [0.15, 0.2) is 0 Å². The quantitative estimate of drug-likeness (QED) is 0.894.